The van der Waals surface area contributed by atoms with Crippen molar-refractivity contribution in [3.63, 3.8) is 0 Å². The Hall–Kier alpha value is -1.46. The molecule has 2 aliphatic rings. The highest BCUT2D eigenvalue weighted by molar-refractivity contribution is 5.85. The minimum Gasteiger partial charge on any atom is -0.454 e. The topological polar surface area (TPSA) is 59.6 Å². The average molecular weight is 271 g/mol. The molecule has 2 N–H and O–H groups in total. The number of para-hydroxylation sites is 1. The van der Waals surface area contributed by atoms with Crippen LogP contribution in [0.5, 0.6) is 11.5 Å². The van der Waals surface area contributed by atoms with Crippen LogP contribution in [0.25, 0.3) is 0 Å². The Kier molecular flexibility index (Phi) is 3.93. The number of fused-ring (bicyclic) bond motifs is 1. The number of carbonyl (C=O) groups is 1. The smallest absolute Gasteiger partial charge is 0.231 e. The maximum atomic E-state index is 11.7. The van der Waals surface area contributed by atoms with E-state index in [2.05, 4.69) is 10.6 Å². The molecule has 6 heteroatoms. The predicted octanol–water partition coefficient (Wildman–Crippen LogP) is 0.673. The van der Waals surface area contributed by atoms with Gasteiger partial charge in [-0.2, -0.15) is 0 Å². The van der Waals surface area contributed by atoms with Crippen molar-refractivity contribution in [2.75, 3.05) is 19.9 Å². The van der Waals surface area contributed by atoms with Gasteiger partial charge in [0.25, 0.3) is 0 Å². The zero-order chi connectivity index (χ0) is 11.7. The minimum atomic E-state index is 0. The zero-order valence-electron chi connectivity index (χ0n) is 9.77. The molecule has 1 aromatic carbocycles. The minimum absolute atomic E-state index is 0. The average Bonchev–Trinajstić information content (AvgIpc) is 2.72. The number of amides is 1. The van der Waals surface area contributed by atoms with Gasteiger partial charge in [-0.05, 0) is 6.07 Å². The summed E-state index contributed by atoms with van der Waals surface area (Å²) in [5.41, 5.74) is 0.959. The number of hydrogen-bond acceptors (Lipinski definition) is 4. The molecule has 0 atom stereocenters. The summed E-state index contributed by atoms with van der Waals surface area (Å²) < 4.78 is 10.7. The van der Waals surface area contributed by atoms with Crippen LogP contribution in [-0.4, -0.2) is 25.8 Å². The number of halogens is 1. The molecule has 3 rings (SSSR count). The van der Waals surface area contributed by atoms with Crippen LogP contribution < -0.4 is 20.1 Å². The van der Waals surface area contributed by atoms with E-state index < -0.39 is 0 Å². The summed E-state index contributed by atoms with van der Waals surface area (Å²) in [6, 6.07) is 5.70. The van der Waals surface area contributed by atoms with Crippen LogP contribution in [0, 0.1) is 5.92 Å². The zero-order valence-corrected chi connectivity index (χ0v) is 10.6. The number of nitrogens with one attached hydrogen (secondary N) is 2. The molecule has 98 valence electrons. The standard InChI is InChI=1S/C12H14N2O3.ClH/c15-12(9-4-13-5-9)14-6-8-2-1-3-10-11(8)17-7-16-10;/h1-3,9,13H,4-7H2,(H,14,15);1H. The second-order valence-electron chi connectivity index (χ2n) is 4.22. The van der Waals surface area contributed by atoms with Gasteiger partial charge in [0, 0.05) is 25.2 Å². The first-order valence-corrected chi connectivity index (χ1v) is 5.70. The van der Waals surface area contributed by atoms with E-state index in [-0.39, 0.29) is 31.0 Å². The molecule has 0 bridgehead atoms. The van der Waals surface area contributed by atoms with Gasteiger partial charge < -0.3 is 20.1 Å². The van der Waals surface area contributed by atoms with E-state index in [1.165, 1.54) is 0 Å². The van der Waals surface area contributed by atoms with Crippen LogP contribution in [0.1, 0.15) is 5.56 Å². The lowest BCUT2D eigenvalue weighted by molar-refractivity contribution is -0.126. The monoisotopic (exact) mass is 270 g/mol. The molecule has 0 spiro atoms. The van der Waals surface area contributed by atoms with Gasteiger partial charge >= 0.3 is 0 Å². The Labute approximate surface area is 111 Å². The second kappa shape index (κ2) is 5.46. The SMILES string of the molecule is Cl.O=C(NCc1cccc2c1OCO2)C1CNC1. The molecule has 0 saturated carbocycles. The van der Waals surface area contributed by atoms with Gasteiger partial charge in [-0.15, -0.1) is 12.4 Å². The van der Waals surface area contributed by atoms with Crippen molar-refractivity contribution in [2.24, 2.45) is 5.92 Å². The molecule has 18 heavy (non-hydrogen) atoms. The molecule has 1 fully saturated rings. The van der Waals surface area contributed by atoms with Crippen LogP contribution in [-0.2, 0) is 11.3 Å². The maximum absolute atomic E-state index is 11.7. The summed E-state index contributed by atoms with van der Waals surface area (Å²) in [4.78, 5) is 11.7. The van der Waals surface area contributed by atoms with E-state index in [0.717, 1.165) is 30.2 Å². The van der Waals surface area contributed by atoms with E-state index in [9.17, 15) is 4.79 Å². The highest BCUT2D eigenvalue weighted by Gasteiger charge is 2.25. The number of rotatable bonds is 3. The van der Waals surface area contributed by atoms with E-state index in [1.54, 1.807) is 0 Å². The van der Waals surface area contributed by atoms with Crippen LogP contribution in [0.3, 0.4) is 0 Å². The molecule has 0 aliphatic carbocycles. The molecule has 0 aromatic heterocycles. The summed E-state index contributed by atoms with van der Waals surface area (Å²) in [5, 5.41) is 5.99. The Morgan fingerprint density at radius 1 is 1.39 bits per heavy atom. The first kappa shape index (κ1) is 13.0. The lowest BCUT2D eigenvalue weighted by Crippen LogP contribution is -2.50. The molecular weight excluding hydrogens is 256 g/mol. The fourth-order valence-electron chi connectivity index (χ4n) is 1.93. The third-order valence-corrected chi connectivity index (χ3v) is 3.08. The number of ether oxygens (including phenoxy) is 2. The first-order chi connectivity index (χ1) is 8.34. The van der Waals surface area contributed by atoms with Crippen molar-refractivity contribution in [1.82, 2.24) is 10.6 Å². The normalized spacial score (nSPS) is 16.7. The van der Waals surface area contributed by atoms with Crippen LogP contribution in [0.2, 0.25) is 0 Å². The molecule has 1 aromatic rings. The van der Waals surface area contributed by atoms with Gasteiger partial charge in [-0.1, -0.05) is 12.1 Å². The van der Waals surface area contributed by atoms with E-state index in [1.807, 2.05) is 18.2 Å². The molecular formula is C12H15ClN2O3. The molecule has 2 heterocycles. The van der Waals surface area contributed by atoms with Crippen molar-refractivity contribution < 1.29 is 14.3 Å². The number of hydrogen-bond donors (Lipinski definition) is 2. The summed E-state index contributed by atoms with van der Waals surface area (Å²) in [7, 11) is 0. The third kappa shape index (κ3) is 2.37. The molecule has 2 aliphatic heterocycles. The Bertz CT molecular complexity index is 449. The first-order valence-electron chi connectivity index (χ1n) is 5.70. The Balaban J connectivity index is 0.00000120. The van der Waals surface area contributed by atoms with Gasteiger partial charge in [0.05, 0.1) is 5.92 Å². The van der Waals surface area contributed by atoms with Gasteiger partial charge in [-0.3, -0.25) is 4.79 Å². The second-order valence-corrected chi connectivity index (χ2v) is 4.22. The lowest BCUT2D eigenvalue weighted by Gasteiger charge is -2.25. The molecule has 0 unspecified atom stereocenters. The van der Waals surface area contributed by atoms with Crippen molar-refractivity contribution in [1.29, 1.82) is 0 Å². The lowest BCUT2D eigenvalue weighted by atomic mass is 10.0. The van der Waals surface area contributed by atoms with Crippen LogP contribution in [0.15, 0.2) is 18.2 Å². The molecule has 5 nitrogen and oxygen atoms in total. The van der Waals surface area contributed by atoms with Crippen LogP contribution in [0.4, 0.5) is 0 Å². The molecule has 1 amide bonds. The fraction of sp³-hybridized carbons (Fsp3) is 0.417. The summed E-state index contributed by atoms with van der Waals surface area (Å²) in [6.45, 7) is 2.30. The van der Waals surface area contributed by atoms with E-state index in [0.29, 0.717) is 6.54 Å². The summed E-state index contributed by atoms with van der Waals surface area (Å²) >= 11 is 0. The van der Waals surface area contributed by atoms with Crippen molar-refractivity contribution >= 4 is 18.3 Å². The van der Waals surface area contributed by atoms with Gasteiger partial charge in [-0.25, -0.2) is 0 Å². The molecule has 1 saturated heterocycles. The quantitative estimate of drug-likeness (QED) is 0.848. The molecule has 0 radical (unpaired) electrons. The van der Waals surface area contributed by atoms with E-state index in [4.69, 9.17) is 9.47 Å². The Morgan fingerprint density at radius 3 is 2.94 bits per heavy atom. The van der Waals surface area contributed by atoms with E-state index >= 15 is 0 Å². The maximum Gasteiger partial charge on any atom is 0.231 e. The van der Waals surface area contributed by atoms with Crippen molar-refractivity contribution in [3.05, 3.63) is 23.8 Å². The van der Waals surface area contributed by atoms with Crippen LogP contribution >= 0.6 is 12.4 Å². The highest BCUT2D eigenvalue weighted by Crippen LogP contribution is 2.35. The van der Waals surface area contributed by atoms with Crippen molar-refractivity contribution in [2.45, 2.75) is 6.54 Å². The largest absolute Gasteiger partial charge is 0.454 e. The Morgan fingerprint density at radius 2 is 2.22 bits per heavy atom. The predicted molar refractivity (Wildman–Crippen MR) is 68.0 cm³/mol. The highest BCUT2D eigenvalue weighted by atomic mass is 35.5. The van der Waals surface area contributed by atoms with Crippen molar-refractivity contribution in [3.8, 4) is 11.5 Å². The third-order valence-electron chi connectivity index (χ3n) is 3.08. The summed E-state index contributed by atoms with van der Waals surface area (Å²) in [6.07, 6.45) is 0. The van der Waals surface area contributed by atoms with Gasteiger partial charge in [0.2, 0.25) is 12.7 Å². The fourth-order valence-corrected chi connectivity index (χ4v) is 1.93. The van der Waals surface area contributed by atoms with Gasteiger partial charge in [0.1, 0.15) is 0 Å². The summed E-state index contributed by atoms with van der Waals surface area (Å²) in [5.74, 6) is 1.71. The van der Waals surface area contributed by atoms with Gasteiger partial charge in [0.15, 0.2) is 11.5 Å². The number of carbonyl (C=O) groups excluding carboxylic acids is 1. The number of benzene rings is 1.